The Morgan fingerprint density at radius 1 is 1.13 bits per heavy atom. The van der Waals surface area contributed by atoms with Crippen LogP contribution in [0.4, 0.5) is 20.6 Å². The van der Waals surface area contributed by atoms with E-state index in [-0.39, 0.29) is 11.4 Å². The van der Waals surface area contributed by atoms with Crippen molar-refractivity contribution >= 4 is 35.3 Å². The summed E-state index contributed by atoms with van der Waals surface area (Å²) in [7, 11) is 0. The van der Waals surface area contributed by atoms with Crippen LogP contribution in [0.25, 0.3) is 0 Å². The number of hydrazone groups is 1. The van der Waals surface area contributed by atoms with E-state index in [0.29, 0.717) is 49.9 Å². The highest BCUT2D eigenvalue weighted by Gasteiger charge is 2.37. The van der Waals surface area contributed by atoms with E-state index >= 15 is 0 Å². The number of carbonyl (C=O) groups is 3. The highest BCUT2D eigenvalue weighted by atomic mass is 19.1. The van der Waals surface area contributed by atoms with Crippen LogP contribution >= 0.6 is 0 Å². The van der Waals surface area contributed by atoms with Gasteiger partial charge in [0.1, 0.15) is 5.82 Å². The van der Waals surface area contributed by atoms with E-state index < -0.39 is 17.7 Å². The number of urea groups is 1. The maximum atomic E-state index is 12.9. The standard InChI is InChI=1S/C21H20FN5O4/c22-15-3-1-14(2-4-15)12-23-25-21(30)24-16-5-6-18-17(11-16)19(28)20(29)27(18)13-26-7-9-31-10-8-26/h1-6,11-12H,7-10,13H2,(H2,24,25,30)/b23-12+. The molecular weight excluding hydrogens is 405 g/mol. The van der Waals surface area contributed by atoms with E-state index in [1.807, 2.05) is 4.90 Å². The number of fused-ring (bicyclic) bond motifs is 1. The lowest BCUT2D eigenvalue weighted by Crippen LogP contribution is -2.45. The van der Waals surface area contributed by atoms with Crippen LogP contribution in [0.2, 0.25) is 0 Å². The number of ketones is 1. The predicted octanol–water partition coefficient (Wildman–Crippen LogP) is 1.80. The number of amides is 3. The van der Waals surface area contributed by atoms with Crippen LogP contribution in [0.3, 0.4) is 0 Å². The molecular formula is C21H20FN5O4. The Morgan fingerprint density at radius 2 is 1.87 bits per heavy atom. The first-order valence-electron chi connectivity index (χ1n) is 9.67. The van der Waals surface area contributed by atoms with E-state index in [2.05, 4.69) is 15.8 Å². The summed E-state index contributed by atoms with van der Waals surface area (Å²) < 4.78 is 18.2. The topological polar surface area (TPSA) is 103 Å². The van der Waals surface area contributed by atoms with Crippen LogP contribution in [-0.4, -0.2) is 61.8 Å². The van der Waals surface area contributed by atoms with Crippen molar-refractivity contribution in [3.8, 4) is 0 Å². The SMILES string of the molecule is O=C(N/N=C/c1ccc(F)cc1)Nc1ccc2c(c1)C(=O)C(=O)N2CN1CCOCC1. The third-order valence-corrected chi connectivity index (χ3v) is 4.92. The number of carbonyl (C=O) groups excluding carboxylic acids is 3. The van der Waals surface area contributed by atoms with Crippen molar-refractivity contribution in [2.75, 3.05) is 43.2 Å². The molecule has 0 saturated carbocycles. The molecule has 3 amide bonds. The van der Waals surface area contributed by atoms with Crippen LogP contribution in [-0.2, 0) is 9.53 Å². The Kier molecular flexibility index (Phi) is 6.01. The molecule has 2 aliphatic rings. The first-order chi connectivity index (χ1) is 15.0. The summed E-state index contributed by atoms with van der Waals surface area (Å²) in [4.78, 5) is 40.4. The molecule has 1 saturated heterocycles. The lowest BCUT2D eigenvalue weighted by molar-refractivity contribution is -0.114. The molecule has 2 aromatic rings. The maximum absolute atomic E-state index is 12.9. The third-order valence-electron chi connectivity index (χ3n) is 4.92. The summed E-state index contributed by atoms with van der Waals surface area (Å²) in [6.07, 6.45) is 1.37. The van der Waals surface area contributed by atoms with Crippen molar-refractivity contribution in [1.29, 1.82) is 0 Å². The molecule has 2 heterocycles. The second kappa shape index (κ2) is 9.02. The van der Waals surface area contributed by atoms with Gasteiger partial charge in [0, 0.05) is 18.8 Å². The van der Waals surface area contributed by atoms with E-state index in [4.69, 9.17) is 4.74 Å². The minimum atomic E-state index is -0.625. The first-order valence-corrected chi connectivity index (χ1v) is 9.67. The van der Waals surface area contributed by atoms with Gasteiger partial charge in [0.05, 0.1) is 37.3 Å². The van der Waals surface area contributed by atoms with Gasteiger partial charge in [-0.1, -0.05) is 12.1 Å². The smallest absolute Gasteiger partial charge is 0.339 e. The van der Waals surface area contributed by atoms with Crippen molar-refractivity contribution in [2.45, 2.75) is 0 Å². The van der Waals surface area contributed by atoms with Gasteiger partial charge in [-0.2, -0.15) is 5.10 Å². The quantitative estimate of drug-likeness (QED) is 0.432. The normalized spacial score (nSPS) is 16.6. The van der Waals surface area contributed by atoms with E-state index in [1.54, 1.807) is 12.1 Å². The fraction of sp³-hybridized carbons (Fsp3) is 0.238. The summed E-state index contributed by atoms with van der Waals surface area (Å²) in [6, 6.07) is 9.70. The van der Waals surface area contributed by atoms with Crippen LogP contribution < -0.4 is 15.6 Å². The summed E-state index contributed by atoms with van der Waals surface area (Å²) >= 11 is 0. The maximum Gasteiger partial charge on any atom is 0.339 e. The number of anilines is 2. The summed E-state index contributed by atoms with van der Waals surface area (Å²) in [5, 5.41) is 6.36. The Hall–Kier alpha value is -3.63. The monoisotopic (exact) mass is 425 g/mol. The summed E-state index contributed by atoms with van der Waals surface area (Å²) in [5.74, 6) is -1.57. The second-order valence-electron chi connectivity index (χ2n) is 7.04. The molecule has 0 atom stereocenters. The molecule has 9 nitrogen and oxygen atoms in total. The van der Waals surface area contributed by atoms with Gasteiger partial charge in [0.15, 0.2) is 0 Å². The largest absolute Gasteiger partial charge is 0.379 e. The number of hydrogen-bond donors (Lipinski definition) is 2. The van der Waals surface area contributed by atoms with Gasteiger partial charge in [-0.05, 0) is 35.9 Å². The molecule has 2 N–H and O–H groups in total. The summed E-state index contributed by atoms with van der Waals surface area (Å²) in [6.45, 7) is 2.86. The lowest BCUT2D eigenvalue weighted by atomic mass is 10.1. The zero-order valence-corrected chi connectivity index (χ0v) is 16.5. The number of rotatable bonds is 5. The van der Waals surface area contributed by atoms with Gasteiger partial charge in [-0.25, -0.2) is 14.6 Å². The lowest BCUT2D eigenvalue weighted by Gasteiger charge is -2.30. The number of benzene rings is 2. The molecule has 0 aromatic heterocycles. The van der Waals surface area contributed by atoms with Crippen molar-refractivity contribution in [3.63, 3.8) is 0 Å². The first kappa shape index (κ1) is 20.6. The Balaban J connectivity index is 1.39. The number of nitrogens with one attached hydrogen (secondary N) is 2. The van der Waals surface area contributed by atoms with Crippen LogP contribution in [0.5, 0.6) is 0 Å². The number of halogens is 1. The predicted molar refractivity (Wildman–Crippen MR) is 112 cm³/mol. The van der Waals surface area contributed by atoms with E-state index in [1.165, 1.54) is 41.4 Å². The fourth-order valence-electron chi connectivity index (χ4n) is 3.33. The van der Waals surface area contributed by atoms with Crippen LogP contribution in [0.15, 0.2) is 47.6 Å². The molecule has 4 rings (SSSR count). The minimum absolute atomic E-state index is 0.242. The zero-order chi connectivity index (χ0) is 21.8. The van der Waals surface area contributed by atoms with Gasteiger partial charge in [0.2, 0.25) is 0 Å². The molecule has 31 heavy (non-hydrogen) atoms. The average molecular weight is 425 g/mol. The minimum Gasteiger partial charge on any atom is -0.379 e. The number of Topliss-reactive ketones (excluding diaryl/α,β-unsaturated/α-hetero) is 1. The fourth-order valence-corrected chi connectivity index (χ4v) is 3.33. The van der Waals surface area contributed by atoms with Crippen LogP contribution in [0, 0.1) is 5.82 Å². The molecule has 0 spiro atoms. The Labute approximate surface area is 177 Å². The number of hydrogen-bond acceptors (Lipinski definition) is 6. The zero-order valence-electron chi connectivity index (χ0n) is 16.5. The van der Waals surface area contributed by atoms with Gasteiger partial charge in [0.25, 0.3) is 5.78 Å². The third kappa shape index (κ3) is 4.76. The van der Waals surface area contributed by atoms with E-state index in [0.717, 1.165) is 0 Å². The molecule has 2 aliphatic heterocycles. The van der Waals surface area contributed by atoms with Crippen molar-refractivity contribution in [1.82, 2.24) is 10.3 Å². The second-order valence-corrected chi connectivity index (χ2v) is 7.04. The van der Waals surface area contributed by atoms with E-state index in [9.17, 15) is 18.8 Å². The Morgan fingerprint density at radius 3 is 2.61 bits per heavy atom. The molecule has 0 aliphatic carbocycles. The molecule has 0 bridgehead atoms. The molecule has 160 valence electrons. The van der Waals surface area contributed by atoms with Crippen molar-refractivity contribution in [2.24, 2.45) is 5.10 Å². The average Bonchev–Trinajstić information content (AvgIpc) is 3.00. The van der Waals surface area contributed by atoms with Gasteiger partial charge >= 0.3 is 11.9 Å². The van der Waals surface area contributed by atoms with Crippen molar-refractivity contribution in [3.05, 3.63) is 59.4 Å². The molecule has 10 heteroatoms. The van der Waals surface area contributed by atoms with Crippen LogP contribution in [0.1, 0.15) is 15.9 Å². The van der Waals surface area contributed by atoms with Gasteiger partial charge in [-0.15, -0.1) is 0 Å². The highest BCUT2D eigenvalue weighted by Crippen LogP contribution is 2.31. The van der Waals surface area contributed by atoms with Crippen molar-refractivity contribution < 1.29 is 23.5 Å². The number of morpholine rings is 1. The highest BCUT2D eigenvalue weighted by molar-refractivity contribution is 6.52. The van der Waals surface area contributed by atoms with Gasteiger partial charge < -0.3 is 10.1 Å². The molecule has 0 unspecified atom stereocenters. The number of nitrogens with zero attached hydrogens (tertiary/aromatic N) is 3. The van der Waals surface area contributed by atoms with Gasteiger partial charge in [-0.3, -0.25) is 19.4 Å². The summed E-state index contributed by atoms with van der Waals surface area (Å²) in [5.41, 5.74) is 4.01. The Bertz CT molecular complexity index is 1030. The molecule has 1 fully saturated rings. The molecule has 2 aromatic carbocycles. The molecule has 0 radical (unpaired) electrons. The number of ether oxygens (including phenoxy) is 1.